The lowest BCUT2D eigenvalue weighted by Crippen LogP contribution is -2.45. The van der Waals surface area contributed by atoms with Crippen LogP contribution in [-0.4, -0.2) is 52.9 Å². The molecule has 0 radical (unpaired) electrons. The lowest BCUT2D eigenvalue weighted by Gasteiger charge is -2.21. The number of esters is 1. The summed E-state index contributed by atoms with van der Waals surface area (Å²) >= 11 is 0. The van der Waals surface area contributed by atoms with Gasteiger partial charge in [0.05, 0.1) is 11.8 Å². The standard InChI is InChI=1S/C17H22N4O5/c1-11(2)26-17(24)14(8-7-12(22)10-20-18)21-16(23)15(25-3)13-6-4-5-9-19-13/h4-6,9-11,14-15H,7-8H2,1-3H3,(H,21,23)/t14-,15-/m0/s1. The van der Waals surface area contributed by atoms with E-state index in [1.165, 1.54) is 13.3 Å². The summed E-state index contributed by atoms with van der Waals surface area (Å²) in [6, 6.07) is 3.98. The average Bonchev–Trinajstić information content (AvgIpc) is 2.59. The highest BCUT2D eigenvalue weighted by molar-refractivity contribution is 6.25. The maximum atomic E-state index is 12.5. The van der Waals surface area contributed by atoms with Crippen molar-refractivity contribution in [3.05, 3.63) is 35.6 Å². The molecule has 0 saturated heterocycles. The Balaban J connectivity index is 2.87. The van der Waals surface area contributed by atoms with Gasteiger partial charge >= 0.3 is 12.2 Å². The zero-order valence-corrected chi connectivity index (χ0v) is 14.9. The number of hydrogen-bond acceptors (Lipinski definition) is 6. The highest BCUT2D eigenvalue weighted by atomic mass is 16.5. The third-order valence-corrected chi connectivity index (χ3v) is 3.26. The van der Waals surface area contributed by atoms with E-state index in [1.807, 2.05) is 0 Å². The third-order valence-electron chi connectivity index (χ3n) is 3.26. The molecule has 0 aliphatic carbocycles. The molecule has 2 atom stereocenters. The lowest BCUT2D eigenvalue weighted by molar-refractivity contribution is -0.153. The van der Waals surface area contributed by atoms with Crippen molar-refractivity contribution in [1.82, 2.24) is 10.3 Å². The lowest BCUT2D eigenvalue weighted by atomic mass is 10.1. The van der Waals surface area contributed by atoms with Crippen LogP contribution in [0.15, 0.2) is 24.4 Å². The smallest absolute Gasteiger partial charge is 0.328 e. The molecule has 1 aromatic rings. The predicted molar refractivity (Wildman–Crippen MR) is 91.1 cm³/mol. The fourth-order valence-corrected chi connectivity index (χ4v) is 2.12. The van der Waals surface area contributed by atoms with Crippen LogP contribution in [0.5, 0.6) is 0 Å². The first-order chi connectivity index (χ1) is 12.4. The first-order valence-corrected chi connectivity index (χ1v) is 8.03. The molecule has 1 heterocycles. The Morgan fingerprint density at radius 1 is 1.35 bits per heavy atom. The minimum absolute atomic E-state index is 0.0131. The number of rotatable bonds is 10. The molecule has 26 heavy (non-hydrogen) atoms. The van der Waals surface area contributed by atoms with Crippen LogP contribution in [-0.2, 0) is 23.9 Å². The molecule has 140 valence electrons. The SMILES string of the molecule is CO[C@H](C(=O)N[C@@H](CCC(=O)C=[N+]=[N-])C(=O)OC(C)C)c1ccccn1. The molecule has 0 bridgehead atoms. The molecule has 0 spiro atoms. The Morgan fingerprint density at radius 3 is 2.62 bits per heavy atom. The van der Waals surface area contributed by atoms with E-state index in [4.69, 9.17) is 15.0 Å². The number of nitrogens with one attached hydrogen (secondary N) is 1. The molecule has 0 saturated carbocycles. The van der Waals surface area contributed by atoms with Crippen molar-refractivity contribution in [3.63, 3.8) is 0 Å². The molecule has 0 aromatic carbocycles. The van der Waals surface area contributed by atoms with Gasteiger partial charge in [-0.2, -0.15) is 4.79 Å². The number of amides is 1. The molecule has 1 N–H and O–H groups in total. The molecule has 1 amide bonds. The number of methoxy groups -OCH3 is 1. The third kappa shape index (κ3) is 6.92. The van der Waals surface area contributed by atoms with Gasteiger partial charge in [0.1, 0.15) is 6.04 Å². The first-order valence-electron chi connectivity index (χ1n) is 8.03. The van der Waals surface area contributed by atoms with E-state index < -0.39 is 29.8 Å². The summed E-state index contributed by atoms with van der Waals surface area (Å²) < 4.78 is 10.3. The molecular weight excluding hydrogens is 340 g/mol. The van der Waals surface area contributed by atoms with Gasteiger partial charge in [0.25, 0.3) is 5.91 Å². The monoisotopic (exact) mass is 362 g/mol. The van der Waals surface area contributed by atoms with Crippen LogP contribution >= 0.6 is 0 Å². The first kappa shape index (κ1) is 21.1. The Kier molecular flexibility index (Phi) is 8.83. The van der Waals surface area contributed by atoms with Crippen molar-refractivity contribution < 1.29 is 28.6 Å². The van der Waals surface area contributed by atoms with Crippen LogP contribution in [0.1, 0.15) is 38.5 Å². The second kappa shape index (κ2) is 10.9. The van der Waals surface area contributed by atoms with Crippen LogP contribution in [0.4, 0.5) is 0 Å². The number of nitrogens with zero attached hydrogens (tertiary/aromatic N) is 3. The largest absolute Gasteiger partial charge is 0.461 e. The minimum atomic E-state index is -1.05. The number of ketones is 1. The number of carbonyl (C=O) groups is 3. The van der Waals surface area contributed by atoms with Gasteiger partial charge in [-0.15, -0.1) is 0 Å². The van der Waals surface area contributed by atoms with E-state index in [0.29, 0.717) is 5.69 Å². The minimum Gasteiger partial charge on any atom is -0.461 e. The van der Waals surface area contributed by atoms with Gasteiger partial charge in [0.15, 0.2) is 6.10 Å². The van der Waals surface area contributed by atoms with Crippen LogP contribution in [0, 0.1) is 0 Å². The van der Waals surface area contributed by atoms with E-state index in [0.717, 1.165) is 6.21 Å². The number of Topliss-reactive ketones (excluding diaryl/α,β-unsaturated/α-hetero) is 1. The van der Waals surface area contributed by atoms with E-state index in [1.54, 1.807) is 32.0 Å². The van der Waals surface area contributed by atoms with E-state index in [-0.39, 0.29) is 18.9 Å². The summed E-state index contributed by atoms with van der Waals surface area (Å²) in [6.07, 6.45) is 0.736. The van der Waals surface area contributed by atoms with Crippen molar-refractivity contribution >= 4 is 23.9 Å². The van der Waals surface area contributed by atoms with Crippen molar-refractivity contribution in [3.8, 4) is 0 Å². The van der Waals surface area contributed by atoms with Crippen molar-refractivity contribution in [2.75, 3.05) is 7.11 Å². The van der Waals surface area contributed by atoms with Crippen LogP contribution in [0.2, 0.25) is 0 Å². The number of pyridine rings is 1. The number of aromatic nitrogens is 1. The number of ether oxygens (including phenoxy) is 2. The number of carbonyl (C=O) groups excluding carboxylic acids is 3. The summed E-state index contributed by atoms with van der Waals surface area (Å²) in [4.78, 5) is 42.9. The second-order valence-corrected chi connectivity index (χ2v) is 5.67. The fourth-order valence-electron chi connectivity index (χ4n) is 2.12. The molecule has 1 rings (SSSR count). The van der Waals surface area contributed by atoms with E-state index in [9.17, 15) is 14.4 Å². The highest BCUT2D eigenvalue weighted by Crippen LogP contribution is 2.15. The summed E-state index contributed by atoms with van der Waals surface area (Å²) in [5, 5.41) is 2.53. The highest BCUT2D eigenvalue weighted by Gasteiger charge is 2.29. The molecule has 0 aliphatic heterocycles. The van der Waals surface area contributed by atoms with Crippen molar-refractivity contribution in [2.45, 2.75) is 44.9 Å². The summed E-state index contributed by atoms with van der Waals surface area (Å²) in [7, 11) is 1.35. The molecule has 1 aromatic heterocycles. The second-order valence-electron chi connectivity index (χ2n) is 5.67. The Bertz CT molecular complexity index is 671. The molecule has 0 aliphatic rings. The summed E-state index contributed by atoms with van der Waals surface area (Å²) in [5.74, 6) is -1.74. The number of hydrogen-bond donors (Lipinski definition) is 1. The van der Waals surface area contributed by atoms with Crippen LogP contribution in [0.25, 0.3) is 5.53 Å². The molecule has 0 unspecified atom stereocenters. The Hall–Kier alpha value is -2.90. The average molecular weight is 362 g/mol. The molecule has 9 nitrogen and oxygen atoms in total. The van der Waals surface area contributed by atoms with Gasteiger partial charge in [0.2, 0.25) is 5.78 Å². The van der Waals surface area contributed by atoms with Gasteiger partial charge in [-0.1, -0.05) is 6.07 Å². The molecular formula is C17H22N4O5. The summed E-state index contributed by atoms with van der Waals surface area (Å²) in [6.45, 7) is 3.35. The van der Waals surface area contributed by atoms with Crippen LogP contribution < -0.4 is 5.32 Å². The van der Waals surface area contributed by atoms with Gasteiger partial charge in [0, 0.05) is 19.7 Å². The predicted octanol–water partition coefficient (Wildman–Crippen LogP) is 0.855. The summed E-state index contributed by atoms with van der Waals surface area (Å²) in [5.41, 5.74) is 8.75. The Labute approximate surface area is 151 Å². The Morgan fingerprint density at radius 2 is 2.08 bits per heavy atom. The zero-order chi connectivity index (χ0) is 19.5. The van der Waals surface area contributed by atoms with E-state index >= 15 is 0 Å². The maximum absolute atomic E-state index is 12.5. The molecule has 9 heteroatoms. The van der Waals surface area contributed by atoms with Gasteiger partial charge in [-0.3, -0.25) is 14.6 Å². The topological polar surface area (TPSA) is 131 Å². The zero-order valence-electron chi connectivity index (χ0n) is 14.9. The van der Waals surface area contributed by atoms with E-state index in [2.05, 4.69) is 15.1 Å². The van der Waals surface area contributed by atoms with Gasteiger partial charge in [-0.25, -0.2) is 4.79 Å². The van der Waals surface area contributed by atoms with Crippen LogP contribution in [0.3, 0.4) is 0 Å². The fraction of sp³-hybridized carbons (Fsp3) is 0.471. The van der Waals surface area contributed by atoms with Crippen molar-refractivity contribution in [2.24, 2.45) is 0 Å². The quantitative estimate of drug-likeness (QED) is 0.284. The maximum Gasteiger partial charge on any atom is 0.328 e. The van der Waals surface area contributed by atoms with Gasteiger partial charge < -0.3 is 20.3 Å². The van der Waals surface area contributed by atoms with Crippen molar-refractivity contribution in [1.29, 1.82) is 0 Å². The normalized spacial score (nSPS) is 12.6. The molecule has 0 fully saturated rings. The van der Waals surface area contributed by atoms with Gasteiger partial charge in [-0.05, 0) is 32.4 Å².